The first kappa shape index (κ1) is 36.5. The van der Waals surface area contributed by atoms with Crippen LogP contribution < -0.4 is 19.1 Å². The number of carbonyl (C=O) groups is 2. The normalized spacial score (nSPS) is 13.4. The minimum Gasteiger partial charge on any atom is -0.490 e. The largest absolute Gasteiger partial charge is 0.490 e. The summed E-state index contributed by atoms with van der Waals surface area (Å²) in [5.74, 6) is 1.10. The predicted octanol–water partition coefficient (Wildman–Crippen LogP) is 8.00. The summed E-state index contributed by atoms with van der Waals surface area (Å²) in [5, 5.41) is 9.97. The lowest BCUT2D eigenvalue weighted by Gasteiger charge is -2.36. The Morgan fingerprint density at radius 2 is 1.54 bits per heavy atom. The van der Waals surface area contributed by atoms with Gasteiger partial charge < -0.3 is 28.8 Å². The molecule has 9 nitrogen and oxygen atoms in total. The van der Waals surface area contributed by atoms with Crippen LogP contribution in [0.15, 0.2) is 97.2 Å². The van der Waals surface area contributed by atoms with E-state index in [9.17, 15) is 9.59 Å². The number of benzene rings is 4. The molecule has 9 heteroatoms. The topological polar surface area (TPSA) is 93.5 Å². The van der Waals surface area contributed by atoms with Crippen LogP contribution in [0.1, 0.15) is 60.2 Å². The number of para-hydroxylation sites is 3. The molecule has 0 amide bonds. The molecule has 1 aromatic heterocycles. The summed E-state index contributed by atoms with van der Waals surface area (Å²) in [5.41, 5.74) is 5.36. The van der Waals surface area contributed by atoms with Gasteiger partial charge in [-0.3, -0.25) is 14.5 Å². The van der Waals surface area contributed by atoms with Crippen LogP contribution in [-0.2, 0) is 17.9 Å². The highest BCUT2D eigenvalue weighted by molar-refractivity contribution is 6.16. The van der Waals surface area contributed by atoms with Gasteiger partial charge in [0.05, 0.1) is 18.4 Å². The number of hydrogen-bond acceptors (Lipinski definition) is 7. The number of nitrogens with zero attached hydrogens (tertiary/aromatic N) is 3. The molecule has 0 bridgehead atoms. The standard InChI is InChI=1S/C43H49N3O6/c1-31(2)52-39-13-7-6-12-38(39)45-25-23-44(24-26-45)21-9-27-50-41-28-34(19-20-40(41)51-30-33-17-15-32(3)16-18-33)43(49)36-29-46(22-8-14-42(47)48)37-11-5-4-10-35(36)37/h4-7,10-13,15-20,28-29,31H,8-9,14,21-27,30H2,1-3H3,(H,47,48). The summed E-state index contributed by atoms with van der Waals surface area (Å²) in [4.78, 5) is 30.0. The summed E-state index contributed by atoms with van der Waals surface area (Å²) in [7, 11) is 0. The first-order valence-electron chi connectivity index (χ1n) is 18.3. The van der Waals surface area contributed by atoms with E-state index in [0.717, 1.165) is 67.0 Å². The van der Waals surface area contributed by atoms with Crippen molar-refractivity contribution in [3.8, 4) is 17.2 Å². The Kier molecular flexibility index (Phi) is 12.1. The fourth-order valence-corrected chi connectivity index (χ4v) is 6.65. The number of fused-ring (bicyclic) bond motifs is 1. The van der Waals surface area contributed by atoms with Crippen molar-refractivity contribution in [1.29, 1.82) is 0 Å². The van der Waals surface area contributed by atoms with Crippen LogP contribution in [0.4, 0.5) is 5.69 Å². The van der Waals surface area contributed by atoms with Gasteiger partial charge in [0.2, 0.25) is 0 Å². The highest BCUT2D eigenvalue weighted by Gasteiger charge is 2.21. The molecule has 0 radical (unpaired) electrons. The van der Waals surface area contributed by atoms with Crippen LogP contribution in [0.5, 0.6) is 17.2 Å². The van der Waals surface area contributed by atoms with Gasteiger partial charge in [-0.25, -0.2) is 0 Å². The number of aromatic nitrogens is 1. The molecule has 6 rings (SSSR count). The summed E-state index contributed by atoms with van der Waals surface area (Å²) < 4.78 is 20.7. The molecule has 0 unspecified atom stereocenters. The lowest BCUT2D eigenvalue weighted by atomic mass is 10.0. The number of rotatable bonds is 17. The van der Waals surface area contributed by atoms with Crippen LogP contribution in [0.25, 0.3) is 10.9 Å². The third kappa shape index (κ3) is 9.33. The summed E-state index contributed by atoms with van der Waals surface area (Å²) in [6.07, 6.45) is 3.33. The zero-order chi connectivity index (χ0) is 36.5. The highest BCUT2D eigenvalue weighted by atomic mass is 16.5. The van der Waals surface area contributed by atoms with Crippen molar-refractivity contribution < 1.29 is 28.9 Å². The van der Waals surface area contributed by atoms with Crippen molar-refractivity contribution in [2.75, 3.05) is 44.2 Å². The lowest BCUT2D eigenvalue weighted by Crippen LogP contribution is -2.47. The molecule has 0 aliphatic carbocycles. The number of carboxylic acid groups (broad SMARTS) is 1. The Labute approximate surface area is 306 Å². The smallest absolute Gasteiger partial charge is 0.303 e. The number of aryl methyl sites for hydroxylation is 2. The lowest BCUT2D eigenvalue weighted by molar-refractivity contribution is -0.137. The number of hydrogen-bond donors (Lipinski definition) is 1. The molecule has 1 aliphatic heterocycles. The molecule has 0 atom stereocenters. The van der Waals surface area contributed by atoms with E-state index >= 15 is 0 Å². The van der Waals surface area contributed by atoms with Crippen LogP contribution in [0.3, 0.4) is 0 Å². The maximum Gasteiger partial charge on any atom is 0.303 e. The van der Waals surface area contributed by atoms with Crippen molar-refractivity contribution in [2.45, 2.75) is 59.3 Å². The second kappa shape index (κ2) is 17.3. The molecule has 1 fully saturated rings. The third-order valence-electron chi connectivity index (χ3n) is 9.36. The van der Waals surface area contributed by atoms with Gasteiger partial charge >= 0.3 is 5.97 Å². The molecule has 0 spiro atoms. The fourth-order valence-electron chi connectivity index (χ4n) is 6.65. The Balaban J connectivity index is 1.12. The molecule has 5 aromatic rings. The van der Waals surface area contributed by atoms with Crippen LogP contribution in [-0.4, -0.2) is 71.8 Å². The van der Waals surface area contributed by atoms with Gasteiger partial charge in [0.15, 0.2) is 17.3 Å². The summed E-state index contributed by atoms with van der Waals surface area (Å²) >= 11 is 0. The van der Waals surface area contributed by atoms with E-state index in [1.54, 1.807) is 12.1 Å². The number of ketones is 1. The summed E-state index contributed by atoms with van der Waals surface area (Å²) in [6.45, 7) is 12.2. The second-order valence-electron chi connectivity index (χ2n) is 13.7. The number of anilines is 1. The number of carbonyl (C=O) groups excluding carboxylic acids is 1. The Morgan fingerprint density at radius 1 is 0.788 bits per heavy atom. The van der Waals surface area contributed by atoms with E-state index in [0.29, 0.717) is 48.8 Å². The average molecular weight is 704 g/mol. The highest BCUT2D eigenvalue weighted by Crippen LogP contribution is 2.33. The molecule has 1 N–H and O–H groups in total. The quantitative estimate of drug-likeness (QED) is 0.0770. The molecule has 1 saturated heterocycles. The van der Waals surface area contributed by atoms with Gasteiger partial charge in [-0.1, -0.05) is 60.2 Å². The maximum atomic E-state index is 14.0. The molecule has 4 aromatic carbocycles. The van der Waals surface area contributed by atoms with E-state index < -0.39 is 5.97 Å². The molecule has 52 heavy (non-hydrogen) atoms. The van der Waals surface area contributed by atoms with Gasteiger partial charge in [0.1, 0.15) is 12.4 Å². The molecule has 272 valence electrons. The molecular formula is C43H49N3O6. The first-order valence-corrected chi connectivity index (χ1v) is 18.3. The Hall–Kier alpha value is -5.28. The van der Waals surface area contributed by atoms with Crippen molar-refractivity contribution >= 4 is 28.3 Å². The van der Waals surface area contributed by atoms with E-state index in [2.05, 4.69) is 67.0 Å². The molecular weight excluding hydrogens is 654 g/mol. The fraction of sp³-hybridized carbons (Fsp3) is 0.349. The SMILES string of the molecule is Cc1ccc(COc2ccc(C(=O)c3cn(CCCC(=O)O)c4ccccc34)cc2OCCCN2CCN(c3ccccc3OC(C)C)CC2)cc1. The van der Waals surface area contributed by atoms with Gasteiger partial charge in [-0.2, -0.15) is 0 Å². The zero-order valence-corrected chi connectivity index (χ0v) is 30.4. The van der Waals surface area contributed by atoms with Crippen LogP contribution in [0.2, 0.25) is 0 Å². The zero-order valence-electron chi connectivity index (χ0n) is 30.4. The second-order valence-corrected chi connectivity index (χ2v) is 13.7. The number of carboxylic acids is 1. The minimum atomic E-state index is -0.832. The van der Waals surface area contributed by atoms with Crippen LogP contribution in [0, 0.1) is 6.92 Å². The monoisotopic (exact) mass is 703 g/mol. The van der Waals surface area contributed by atoms with Crippen molar-refractivity contribution in [1.82, 2.24) is 9.47 Å². The third-order valence-corrected chi connectivity index (χ3v) is 9.36. The van der Waals surface area contributed by atoms with E-state index in [1.807, 2.05) is 53.2 Å². The predicted molar refractivity (Wildman–Crippen MR) is 205 cm³/mol. The van der Waals surface area contributed by atoms with Gasteiger partial charge in [-0.05, 0) is 75.6 Å². The van der Waals surface area contributed by atoms with E-state index in [-0.39, 0.29) is 18.3 Å². The van der Waals surface area contributed by atoms with E-state index in [4.69, 9.17) is 19.3 Å². The van der Waals surface area contributed by atoms with Gasteiger partial charge in [0, 0.05) is 73.9 Å². The number of ether oxygens (including phenoxy) is 3. The van der Waals surface area contributed by atoms with Crippen LogP contribution >= 0.6 is 0 Å². The Bertz CT molecular complexity index is 1960. The first-order chi connectivity index (χ1) is 25.2. The molecule has 1 aliphatic rings. The van der Waals surface area contributed by atoms with Crippen molar-refractivity contribution in [2.24, 2.45) is 0 Å². The minimum absolute atomic E-state index is 0.0686. The number of piperazine rings is 1. The van der Waals surface area contributed by atoms with Crippen molar-refractivity contribution in [3.63, 3.8) is 0 Å². The molecule has 2 heterocycles. The number of aliphatic carboxylic acids is 1. The average Bonchev–Trinajstić information content (AvgIpc) is 3.51. The maximum absolute atomic E-state index is 14.0. The Morgan fingerprint density at radius 3 is 2.31 bits per heavy atom. The van der Waals surface area contributed by atoms with E-state index in [1.165, 1.54) is 5.56 Å². The summed E-state index contributed by atoms with van der Waals surface area (Å²) in [6, 6.07) is 29.6. The van der Waals surface area contributed by atoms with Gasteiger partial charge in [-0.15, -0.1) is 0 Å². The van der Waals surface area contributed by atoms with Gasteiger partial charge in [0.25, 0.3) is 0 Å². The molecule has 0 saturated carbocycles. The van der Waals surface area contributed by atoms with Crippen molar-refractivity contribution in [3.05, 3.63) is 119 Å².